The molecule has 0 radical (unpaired) electrons. The van der Waals surface area contributed by atoms with Gasteiger partial charge in [0.15, 0.2) is 0 Å². The lowest BCUT2D eigenvalue weighted by Gasteiger charge is -2.21. The summed E-state index contributed by atoms with van der Waals surface area (Å²) in [6, 6.07) is 0. The molecule has 1 N–H and O–H groups in total. The molecule has 3 nitrogen and oxygen atoms in total. The van der Waals surface area contributed by atoms with Crippen LogP contribution in [0.2, 0.25) is 0 Å². The van der Waals surface area contributed by atoms with Gasteiger partial charge in [0, 0.05) is 19.3 Å². The van der Waals surface area contributed by atoms with E-state index in [1.54, 1.807) is 0 Å². The Balaban J connectivity index is 1.86. The van der Waals surface area contributed by atoms with Gasteiger partial charge in [-0.25, -0.2) is 4.98 Å². The standard InChI is InChI=1S/C12H21N3/c1-13-7-12-9-15(10-14-12)8-11-5-3-2-4-6-11/h9-11,13H,2-8H2,1H3. The maximum Gasteiger partial charge on any atom is 0.0950 e. The van der Waals surface area contributed by atoms with Crippen molar-refractivity contribution in [2.75, 3.05) is 7.05 Å². The minimum Gasteiger partial charge on any atom is -0.337 e. The van der Waals surface area contributed by atoms with E-state index in [1.165, 1.54) is 32.1 Å². The molecule has 1 saturated carbocycles. The van der Waals surface area contributed by atoms with E-state index in [1.807, 2.05) is 13.4 Å². The highest BCUT2D eigenvalue weighted by Crippen LogP contribution is 2.24. The molecule has 1 heterocycles. The average molecular weight is 207 g/mol. The lowest BCUT2D eigenvalue weighted by atomic mass is 9.89. The van der Waals surface area contributed by atoms with E-state index in [4.69, 9.17) is 0 Å². The van der Waals surface area contributed by atoms with Crippen LogP contribution in [0.4, 0.5) is 0 Å². The quantitative estimate of drug-likeness (QED) is 0.820. The van der Waals surface area contributed by atoms with Crippen LogP contribution in [0.25, 0.3) is 0 Å². The molecule has 0 unspecified atom stereocenters. The van der Waals surface area contributed by atoms with Gasteiger partial charge in [0.25, 0.3) is 0 Å². The third-order valence-corrected chi connectivity index (χ3v) is 3.24. The Labute approximate surface area is 91.9 Å². The molecule has 0 amide bonds. The van der Waals surface area contributed by atoms with Crippen LogP contribution in [0.15, 0.2) is 12.5 Å². The van der Waals surface area contributed by atoms with E-state index in [0.29, 0.717) is 0 Å². The molecule has 0 saturated heterocycles. The lowest BCUT2D eigenvalue weighted by Crippen LogP contribution is -2.13. The fourth-order valence-corrected chi connectivity index (χ4v) is 2.45. The van der Waals surface area contributed by atoms with Gasteiger partial charge in [-0.15, -0.1) is 0 Å². The largest absolute Gasteiger partial charge is 0.337 e. The Bertz CT molecular complexity index is 287. The SMILES string of the molecule is CNCc1cn(CC2CCCCC2)cn1. The highest BCUT2D eigenvalue weighted by molar-refractivity contribution is 4.96. The summed E-state index contributed by atoms with van der Waals surface area (Å²) >= 11 is 0. The summed E-state index contributed by atoms with van der Waals surface area (Å²) in [7, 11) is 1.96. The molecule has 3 heteroatoms. The van der Waals surface area contributed by atoms with Crippen LogP contribution in [0.3, 0.4) is 0 Å². The van der Waals surface area contributed by atoms with Gasteiger partial charge in [-0.2, -0.15) is 0 Å². The Kier molecular flexibility index (Phi) is 3.78. The first-order chi connectivity index (χ1) is 7.38. The van der Waals surface area contributed by atoms with Gasteiger partial charge in [-0.3, -0.25) is 0 Å². The summed E-state index contributed by atoms with van der Waals surface area (Å²) in [4.78, 5) is 4.37. The molecule has 0 spiro atoms. The number of aromatic nitrogens is 2. The molecule has 84 valence electrons. The van der Waals surface area contributed by atoms with Gasteiger partial charge in [-0.05, 0) is 25.8 Å². The summed E-state index contributed by atoms with van der Waals surface area (Å²) in [5, 5.41) is 3.13. The number of rotatable bonds is 4. The second kappa shape index (κ2) is 5.31. The van der Waals surface area contributed by atoms with Crippen molar-refractivity contribution >= 4 is 0 Å². The van der Waals surface area contributed by atoms with Crippen LogP contribution in [0.1, 0.15) is 37.8 Å². The lowest BCUT2D eigenvalue weighted by molar-refractivity contribution is 0.319. The number of hydrogen-bond donors (Lipinski definition) is 1. The molecule has 0 aliphatic heterocycles. The average Bonchev–Trinajstić information content (AvgIpc) is 2.68. The number of hydrogen-bond acceptors (Lipinski definition) is 2. The van der Waals surface area contributed by atoms with Gasteiger partial charge >= 0.3 is 0 Å². The third kappa shape index (κ3) is 3.06. The molecule has 1 aliphatic carbocycles. The monoisotopic (exact) mass is 207 g/mol. The second-order valence-electron chi connectivity index (χ2n) is 4.60. The Morgan fingerprint density at radius 3 is 2.93 bits per heavy atom. The van der Waals surface area contributed by atoms with Crippen molar-refractivity contribution < 1.29 is 0 Å². The second-order valence-corrected chi connectivity index (χ2v) is 4.60. The normalized spacial score (nSPS) is 18.2. The van der Waals surface area contributed by atoms with E-state index >= 15 is 0 Å². The van der Waals surface area contributed by atoms with Crippen LogP contribution < -0.4 is 5.32 Å². The summed E-state index contributed by atoms with van der Waals surface area (Å²) in [5.74, 6) is 0.885. The Morgan fingerprint density at radius 1 is 1.40 bits per heavy atom. The third-order valence-electron chi connectivity index (χ3n) is 3.24. The van der Waals surface area contributed by atoms with E-state index in [9.17, 15) is 0 Å². The Morgan fingerprint density at radius 2 is 2.20 bits per heavy atom. The van der Waals surface area contributed by atoms with Crippen molar-refractivity contribution in [2.24, 2.45) is 5.92 Å². The topological polar surface area (TPSA) is 29.9 Å². The molecule has 0 atom stereocenters. The molecule has 0 bridgehead atoms. The first kappa shape index (κ1) is 10.7. The highest BCUT2D eigenvalue weighted by atomic mass is 15.0. The van der Waals surface area contributed by atoms with Gasteiger partial charge < -0.3 is 9.88 Å². The summed E-state index contributed by atoms with van der Waals surface area (Å²) in [6.07, 6.45) is 11.2. The van der Waals surface area contributed by atoms with Crippen molar-refractivity contribution in [3.8, 4) is 0 Å². The number of nitrogens with zero attached hydrogens (tertiary/aromatic N) is 2. The number of imidazole rings is 1. The minimum atomic E-state index is 0.873. The Hall–Kier alpha value is -0.830. The number of nitrogens with one attached hydrogen (secondary N) is 1. The van der Waals surface area contributed by atoms with Crippen LogP contribution >= 0.6 is 0 Å². The predicted octanol–water partition coefficient (Wildman–Crippen LogP) is 2.18. The van der Waals surface area contributed by atoms with Gasteiger partial charge in [0.2, 0.25) is 0 Å². The molecule has 1 aromatic rings. The molecule has 0 aromatic carbocycles. The highest BCUT2D eigenvalue weighted by Gasteiger charge is 2.13. The summed E-state index contributed by atoms with van der Waals surface area (Å²) < 4.78 is 2.25. The maximum absolute atomic E-state index is 4.37. The fourth-order valence-electron chi connectivity index (χ4n) is 2.45. The zero-order valence-electron chi connectivity index (χ0n) is 9.58. The van der Waals surface area contributed by atoms with E-state index in [0.717, 1.165) is 24.7 Å². The van der Waals surface area contributed by atoms with Gasteiger partial charge in [0.05, 0.1) is 12.0 Å². The van der Waals surface area contributed by atoms with E-state index in [-0.39, 0.29) is 0 Å². The molecule has 1 aliphatic rings. The fraction of sp³-hybridized carbons (Fsp3) is 0.750. The van der Waals surface area contributed by atoms with E-state index in [2.05, 4.69) is 21.1 Å². The van der Waals surface area contributed by atoms with Crippen LogP contribution in [-0.4, -0.2) is 16.6 Å². The molecule has 1 fully saturated rings. The minimum absolute atomic E-state index is 0.873. The van der Waals surface area contributed by atoms with Crippen molar-refractivity contribution in [2.45, 2.75) is 45.2 Å². The molecule has 2 rings (SSSR count). The summed E-state index contributed by atoms with van der Waals surface area (Å²) in [5.41, 5.74) is 1.15. The molecule has 1 aromatic heterocycles. The van der Waals surface area contributed by atoms with E-state index < -0.39 is 0 Å². The first-order valence-electron chi connectivity index (χ1n) is 6.03. The van der Waals surface area contributed by atoms with Gasteiger partial charge in [0.1, 0.15) is 0 Å². The van der Waals surface area contributed by atoms with Gasteiger partial charge in [-0.1, -0.05) is 19.3 Å². The van der Waals surface area contributed by atoms with Crippen molar-refractivity contribution in [3.63, 3.8) is 0 Å². The van der Waals surface area contributed by atoms with Crippen molar-refractivity contribution in [1.29, 1.82) is 0 Å². The first-order valence-corrected chi connectivity index (χ1v) is 6.03. The molecule has 15 heavy (non-hydrogen) atoms. The zero-order chi connectivity index (χ0) is 10.5. The predicted molar refractivity (Wildman–Crippen MR) is 61.6 cm³/mol. The van der Waals surface area contributed by atoms with Crippen LogP contribution in [-0.2, 0) is 13.1 Å². The van der Waals surface area contributed by atoms with Crippen LogP contribution in [0, 0.1) is 5.92 Å². The molecular weight excluding hydrogens is 186 g/mol. The smallest absolute Gasteiger partial charge is 0.0950 e. The maximum atomic E-state index is 4.37. The zero-order valence-corrected chi connectivity index (χ0v) is 9.58. The van der Waals surface area contributed by atoms with Crippen LogP contribution in [0.5, 0.6) is 0 Å². The summed E-state index contributed by atoms with van der Waals surface area (Å²) in [6.45, 7) is 2.04. The van der Waals surface area contributed by atoms with Crippen molar-refractivity contribution in [3.05, 3.63) is 18.2 Å². The molecular formula is C12H21N3. The van der Waals surface area contributed by atoms with Crippen molar-refractivity contribution in [1.82, 2.24) is 14.9 Å².